The van der Waals surface area contributed by atoms with E-state index in [4.69, 9.17) is 23.2 Å². The van der Waals surface area contributed by atoms with E-state index >= 15 is 0 Å². The molecule has 0 unspecified atom stereocenters. The van der Waals surface area contributed by atoms with Gasteiger partial charge < -0.3 is 0 Å². The fraction of sp³-hybridized carbons (Fsp3) is 0.438. The first-order valence-corrected chi connectivity index (χ1v) is 8.82. The summed E-state index contributed by atoms with van der Waals surface area (Å²) in [6.45, 7) is 2.10. The molecule has 0 radical (unpaired) electrons. The van der Waals surface area contributed by atoms with Crippen LogP contribution in [0.15, 0.2) is 34.8 Å². The van der Waals surface area contributed by atoms with Crippen LogP contribution in [0.5, 0.6) is 0 Å². The van der Waals surface area contributed by atoms with E-state index in [0.717, 1.165) is 28.7 Å². The van der Waals surface area contributed by atoms with E-state index in [-0.39, 0.29) is 5.41 Å². The highest BCUT2D eigenvalue weighted by Crippen LogP contribution is 2.34. The van der Waals surface area contributed by atoms with Gasteiger partial charge in [0, 0.05) is 30.6 Å². The third-order valence-corrected chi connectivity index (χ3v) is 5.85. The van der Waals surface area contributed by atoms with Gasteiger partial charge in [-0.2, -0.15) is 5.10 Å². The molecular formula is C16H19BrCl2N2. The van der Waals surface area contributed by atoms with Crippen molar-refractivity contribution in [1.82, 2.24) is 9.78 Å². The lowest BCUT2D eigenvalue weighted by Gasteiger charge is -2.30. The van der Waals surface area contributed by atoms with Crippen LogP contribution in [0.2, 0.25) is 0 Å². The normalized spacial score (nSPS) is 11.9. The average molecular weight is 390 g/mol. The molecular weight excluding hydrogens is 371 g/mol. The molecule has 0 bridgehead atoms. The minimum atomic E-state index is -0.286. The summed E-state index contributed by atoms with van der Waals surface area (Å²) in [7, 11) is 1.97. The van der Waals surface area contributed by atoms with Crippen LogP contribution in [-0.2, 0) is 25.3 Å². The highest BCUT2D eigenvalue weighted by Gasteiger charge is 2.33. The van der Waals surface area contributed by atoms with Crippen LogP contribution in [0.25, 0.3) is 0 Å². The van der Waals surface area contributed by atoms with Crippen LogP contribution < -0.4 is 0 Å². The molecule has 0 aliphatic heterocycles. The molecule has 0 spiro atoms. The van der Waals surface area contributed by atoms with Gasteiger partial charge in [-0.05, 0) is 27.9 Å². The quantitative estimate of drug-likeness (QED) is 0.654. The van der Waals surface area contributed by atoms with Gasteiger partial charge >= 0.3 is 0 Å². The van der Waals surface area contributed by atoms with E-state index in [1.807, 2.05) is 29.9 Å². The summed E-state index contributed by atoms with van der Waals surface area (Å²) < 4.78 is 3.00. The zero-order chi connectivity index (χ0) is 15.5. The van der Waals surface area contributed by atoms with E-state index in [2.05, 4.69) is 40.1 Å². The predicted molar refractivity (Wildman–Crippen MR) is 93.6 cm³/mol. The Bertz CT molecular complexity index is 592. The molecule has 0 atom stereocenters. The number of halogens is 3. The summed E-state index contributed by atoms with van der Waals surface area (Å²) in [5.41, 5.74) is 3.09. The number of aromatic nitrogens is 2. The van der Waals surface area contributed by atoms with E-state index in [9.17, 15) is 0 Å². The fourth-order valence-corrected chi connectivity index (χ4v) is 4.05. The minimum Gasteiger partial charge on any atom is -0.271 e. The first-order chi connectivity index (χ1) is 10.1. The molecule has 0 N–H and O–H groups in total. The second-order valence-corrected chi connectivity index (χ2v) is 6.60. The van der Waals surface area contributed by atoms with Gasteiger partial charge in [-0.15, -0.1) is 23.2 Å². The number of aryl methyl sites for hydroxylation is 2. The zero-order valence-electron chi connectivity index (χ0n) is 12.2. The van der Waals surface area contributed by atoms with Gasteiger partial charge in [-0.3, -0.25) is 4.68 Å². The minimum absolute atomic E-state index is 0.286. The van der Waals surface area contributed by atoms with Crippen molar-refractivity contribution in [3.8, 4) is 0 Å². The Morgan fingerprint density at radius 3 is 2.29 bits per heavy atom. The predicted octanol–water partition coefficient (Wildman–Crippen LogP) is 4.70. The number of hydrogen-bond acceptors (Lipinski definition) is 1. The van der Waals surface area contributed by atoms with Gasteiger partial charge in [-0.1, -0.05) is 37.3 Å². The zero-order valence-corrected chi connectivity index (χ0v) is 15.3. The fourth-order valence-electron chi connectivity index (χ4n) is 2.51. The van der Waals surface area contributed by atoms with Crippen molar-refractivity contribution < 1.29 is 0 Å². The maximum absolute atomic E-state index is 6.32. The van der Waals surface area contributed by atoms with Crippen LogP contribution in [0, 0.1) is 0 Å². The van der Waals surface area contributed by atoms with E-state index in [1.165, 1.54) is 5.56 Å². The highest BCUT2D eigenvalue weighted by molar-refractivity contribution is 9.10. The van der Waals surface area contributed by atoms with Crippen molar-refractivity contribution in [3.05, 3.63) is 51.8 Å². The Labute approximate surface area is 144 Å². The van der Waals surface area contributed by atoms with Crippen molar-refractivity contribution in [1.29, 1.82) is 0 Å². The van der Waals surface area contributed by atoms with Gasteiger partial charge in [-0.25, -0.2) is 0 Å². The van der Waals surface area contributed by atoms with Crippen molar-refractivity contribution in [3.63, 3.8) is 0 Å². The molecule has 1 aromatic heterocycles. The molecule has 2 aromatic rings. The Morgan fingerprint density at radius 2 is 1.81 bits per heavy atom. The summed E-state index contributed by atoms with van der Waals surface area (Å²) >= 11 is 16.3. The summed E-state index contributed by atoms with van der Waals surface area (Å²) in [6, 6.07) is 10.2. The largest absolute Gasteiger partial charge is 0.271 e. The monoisotopic (exact) mass is 388 g/mol. The Hall–Kier alpha value is -0.510. The van der Waals surface area contributed by atoms with Crippen LogP contribution in [0.4, 0.5) is 0 Å². The Balaban J connectivity index is 2.44. The first kappa shape index (κ1) is 16.9. The second-order valence-electron chi connectivity index (χ2n) is 5.27. The Kier molecular flexibility index (Phi) is 5.75. The van der Waals surface area contributed by atoms with E-state index < -0.39 is 0 Å². The van der Waals surface area contributed by atoms with E-state index in [1.54, 1.807) is 0 Å². The van der Waals surface area contributed by atoms with Crippen LogP contribution >= 0.6 is 39.1 Å². The van der Waals surface area contributed by atoms with Crippen molar-refractivity contribution in [2.24, 2.45) is 7.05 Å². The number of hydrogen-bond donors (Lipinski definition) is 0. The topological polar surface area (TPSA) is 17.8 Å². The molecule has 0 amide bonds. The lowest BCUT2D eigenvalue weighted by molar-refractivity contribution is 0.509. The molecule has 0 saturated heterocycles. The second kappa shape index (κ2) is 7.17. The van der Waals surface area contributed by atoms with Crippen molar-refractivity contribution in [2.75, 3.05) is 11.8 Å². The standard InChI is InChI=1S/C16H19BrCl2N2/c1-3-13-15(17)14(21(2)20-13)9-16(10-18,11-19)12-7-5-4-6-8-12/h4-8H,3,9-11H2,1-2H3. The maximum Gasteiger partial charge on any atom is 0.0766 e. The van der Waals surface area contributed by atoms with Crippen molar-refractivity contribution >= 4 is 39.1 Å². The lowest BCUT2D eigenvalue weighted by Crippen LogP contribution is -2.34. The number of rotatable bonds is 6. The van der Waals surface area contributed by atoms with Gasteiger partial charge in [0.1, 0.15) is 0 Å². The third-order valence-electron chi connectivity index (χ3n) is 3.91. The summed E-state index contributed by atoms with van der Waals surface area (Å²) in [4.78, 5) is 0. The van der Waals surface area contributed by atoms with Crippen LogP contribution in [0.3, 0.4) is 0 Å². The van der Waals surface area contributed by atoms with Gasteiger partial charge in [0.25, 0.3) is 0 Å². The van der Waals surface area contributed by atoms with Gasteiger partial charge in [0.05, 0.1) is 15.9 Å². The molecule has 2 nitrogen and oxygen atoms in total. The average Bonchev–Trinajstić information content (AvgIpc) is 2.80. The third kappa shape index (κ3) is 3.30. The number of alkyl halides is 2. The molecule has 114 valence electrons. The summed E-state index contributed by atoms with van der Waals surface area (Å²) in [5.74, 6) is 0.944. The van der Waals surface area contributed by atoms with Gasteiger partial charge in [0.15, 0.2) is 0 Å². The smallest absolute Gasteiger partial charge is 0.0766 e. The molecule has 0 aliphatic carbocycles. The first-order valence-electron chi connectivity index (χ1n) is 6.95. The number of benzene rings is 1. The molecule has 1 aromatic carbocycles. The molecule has 0 saturated carbocycles. The van der Waals surface area contributed by atoms with Crippen LogP contribution in [-0.4, -0.2) is 21.5 Å². The molecule has 0 fully saturated rings. The van der Waals surface area contributed by atoms with E-state index in [0.29, 0.717) is 11.8 Å². The lowest BCUT2D eigenvalue weighted by atomic mass is 9.80. The Morgan fingerprint density at radius 1 is 1.19 bits per heavy atom. The number of nitrogens with zero attached hydrogens (tertiary/aromatic N) is 2. The highest BCUT2D eigenvalue weighted by atomic mass is 79.9. The SMILES string of the molecule is CCc1nn(C)c(CC(CCl)(CCl)c2ccccc2)c1Br. The van der Waals surface area contributed by atoms with Crippen molar-refractivity contribution in [2.45, 2.75) is 25.2 Å². The molecule has 2 rings (SSSR count). The molecule has 5 heteroatoms. The molecule has 1 heterocycles. The summed E-state index contributed by atoms with van der Waals surface area (Å²) in [6.07, 6.45) is 1.66. The van der Waals surface area contributed by atoms with Crippen LogP contribution in [0.1, 0.15) is 23.9 Å². The summed E-state index contributed by atoms with van der Waals surface area (Å²) in [5, 5.41) is 4.56. The maximum atomic E-state index is 6.32. The molecule has 21 heavy (non-hydrogen) atoms. The van der Waals surface area contributed by atoms with Gasteiger partial charge in [0.2, 0.25) is 0 Å². The molecule has 0 aliphatic rings.